The number of esters is 2. The third-order valence-electron chi connectivity index (χ3n) is 5.16. The highest BCUT2D eigenvalue weighted by atomic mass is 32.2. The molecule has 25 heavy (non-hydrogen) atoms. The maximum atomic E-state index is 12.5. The van der Waals surface area contributed by atoms with E-state index >= 15 is 0 Å². The summed E-state index contributed by atoms with van der Waals surface area (Å²) < 4.78 is 38.2. The highest BCUT2D eigenvalue weighted by Crippen LogP contribution is 2.56. The van der Waals surface area contributed by atoms with E-state index < -0.39 is 45.0 Å². The van der Waals surface area contributed by atoms with Crippen LogP contribution in [0, 0.1) is 18.8 Å². The number of ether oxygens (including phenoxy) is 2. The minimum atomic E-state index is -3.77. The van der Waals surface area contributed by atoms with Gasteiger partial charge >= 0.3 is 11.9 Å². The van der Waals surface area contributed by atoms with Crippen molar-refractivity contribution in [2.45, 2.75) is 29.9 Å². The van der Waals surface area contributed by atoms with Crippen molar-refractivity contribution in [1.29, 1.82) is 0 Å². The first-order valence-electron chi connectivity index (χ1n) is 7.89. The van der Waals surface area contributed by atoms with Gasteiger partial charge in [0, 0.05) is 6.54 Å². The molecule has 0 amide bonds. The Kier molecular flexibility index (Phi) is 3.29. The summed E-state index contributed by atoms with van der Waals surface area (Å²) in [6.45, 7) is 3.41. The lowest BCUT2D eigenvalue weighted by atomic mass is 9.72. The van der Waals surface area contributed by atoms with E-state index in [1.165, 1.54) is 12.1 Å². The SMILES string of the molecule is Cc1ccc(S(=O)(=O)NC[C@]23C=C[C@](C)(O2)[C@@H]2C(=O)OC(=O)[C@@H]23)cc1. The van der Waals surface area contributed by atoms with Crippen LogP contribution in [0.5, 0.6) is 0 Å². The van der Waals surface area contributed by atoms with E-state index in [1.54, 1.807) is 31.2 Å². The van der Waals surface area contributed by atoms with E-state index in [-0.39, 0.29) is 11.4 Å². The lowest BCUT2D eigenvalue weighted by molar-refractivity contribution is -0.160. The fourth-order valence-electron chi connectivity index (χ4n) is 3.88. The van der Waals surface area contributed by atoms with Crippen LogP contribution in [0.1, 0.15) is 12.5 Å². The van der Waals surface area contributed by atoms with Crippen LogP contribution in [0.2, 0.25) is 0 Å². The Balaban J connectivity index is 1.61. The molecule has 7 nitrogen and oxygen atoms in total. The molecule has 2 fully saturated rings. The lowest BCUT2D eigenvalue weighted by Gasteiger charge is -2.27. The molecule has 0 saturated carbocycles. The molecular weight excluding hydrogens is 346 g/mol. The summed E-state index contributed by atoms with van der Waals surface area (Å²) in [5, 5.41) is 0. The molecule has 0 spiro atoms. The summed E-state index contributed by atoms with van der Waals surface area (Å²) in [6.07, 6.45) is 3.36. The molecule has 1 aromatic carbocycles. The van der Waals surface area contributed by atoms with Crippen molar-refractivity contribution in [3.63, 3.8) is 0 Å². The number of hydrogen-bond donors (Lipinski definition) is 1. The van der Waals surface area contributed by atoms with Crippen molar-refractivity contribution in [2.75, 3.05) is 6.54 Å². The Morgan fingerprint density at radius 2 is 1.72 bits per heavy atom. The van der Waals surface area contributed by atoms with Crippen molar-refractivity contribution >= 4 is 22.0 Å². The molecule has 3 aliphatic heterocycles. The van der Waals surface area contributed by atoms with Crippen LogP contribution in [0.4, 0.5) is 0 Å². The average molecular weight is 363 g/mol. The maximum Gasteiger partial charge on any atom is 0.320 e. The molecule has 2 bridgehead atoms. The zero-order valence-corrected chi connectivity index (χ0v) is 14.5. The van der Waals surface area contributed by atoms with Gasteiger partial charge in [-0.25, -0.2) is 13.1 Å². The molecule has 132 valence electrons. The summed E-state index contributed by atoms with van der Waals surface area (Å²) in [4.78, 5) is 24.2. The van der Waals surface area contributed by atoms with Gasteiger partial charge in [-0.15, -0.1) is 0 Å². The number of carbonyl (C=O) groups is 2. The maximum absolute atomic E-state index is 12.5. The van der Waals surface area contributed by atoms with E-state index in [4.69, 9.17) is 9.47 Å². The Hall–Kier alpha value is -2.03. The normalized spacial score (nSPS) is 35.9. The highest BCUT2D eigenvalue weighted by Gasteiger charge is 2.71. The van der Waals surface area contributed by atoms with Crippen LogP contribution < -0.4 is 4.72 Å². The molecule has 1 N–H and O–H groups in total. The van der Waals surface area contributed by atoms with Crippen molar-refractivity contribution in [3.8, 4) is 0 Å². The number of carbonyl (C=O) groups excluding carboxylic acids is 2. The molecule has 4 atom stereocenters. The van der Waals surface area contributed by atoms with Crippen LogP contribution in [-0.4, -0.2) is 38.1 Å². The second kappa shape index (κ2) is 5.00. The van der Waals surface area contributed by atoms with Crippen molar-refractivity contribution in [2.24, 2.45) is 11.8 Å². The average Bonchev–Trinajstić information content (AvgIpc) is 3.14. The summed E-state index contributed by atoms with van der Waals surface area (Å²) in [5.74, 6) is -2.87. The number of fused-ring (bicyclic) bond motifs is 5. The third kappa shape index (κ3) is 2.28. The van der Waals surface area contributed by atoms with E-state index in [1.807, 2.05) is 6.92 Å². The number of aryl methyl sites for hydroxylation is 1. The number of nitrogens with one attached hydrogen (secondary N) is 1. The monoisotopic (exact) mass is 363 g/mol. The minimum absolute atomic E-state index is 0.124. The van der Waals surface area contributed by atoms with Crippen LogP contribution in [0.25, 0.3) is 0 Å². The molecule has 0 aliphatic carbocycles. The van der Waals surface area contributed by atoms with Gasteiger partial charge in [0.1, 0.15) is 17.4 Å². The topological polar surface area (TPSA) is 98.8 Å². The Morgan fingerprint density at radius 1 is 1.08 bits per heavy atom. The van der Waals surface area contributed by atoms with Gasteiger partial charge in [-0.3, -0.25) is 9.59 Å². The van der Waals surface area contributed by atoms with E-state index in [2.05, 4.69) is 4.72 Å². The Morgan fingerprint density at radius 3 is 2.40 bits per heavy atom. The van der Waals surface area contributed by atoms with Gasteiger partial charge in [-0.1, -0.05) is 29.8 Å². The number of rotatable bonds is 4. The number of sulfonamides is 1. The number of hydrogen-bond acceptors (Lipinski definition) is 6. The fraction of sp³-hybridized carbons (Fsp3) is 0.412. The molecule has 0 radical (unpaired) electrons. The molecule has 8 heteroatoms. The van der Waals surface area contributed by atoms with Crippen LogP contribution >= 0.6 is 0 Å². The smallest absolute Gasteiger partial charge is 0.320 e. The second-order valence-electron chi connectivity index (χ2n) is 6.91. The van der Waals surface area contributed by atoms with Crippen molar-refractivity contribution < 1.29 is 27.5 Å². The highest BCUT2D eigenvalue weighted by molar-refractivity contribution is 7.89. The van der Waals surface area contributed by atoms with Gasteiger partial charge in [0.2, 0.25) is 10.0 Å². The predicted molar refractivity (Wildman–Crippen MR) is 85.8 cm³/mol. The molecule has 0 unspecified atom stereocenters. The largest absolute Gasteiger partial charge is 0.393 e. The molecule has 1 aromatic rings. The second-order valence-corrected chi connectivity index (χ2v) is 8.67. The molecule has 3 heterocycles. The van der Waals surface area contributed by atoms with E-state index in [9.17, 15) is 18.0 Å². The summed E-state index contributed by atoms with van der Waals surface area (Å²) >= 11 is 0. The van der Waals surface area contributed by atoms with Gasteiger partial charge in [0.05, 0.1) is 10.5 Å². The standard InChI is InChI=1S/C17H17NO6S/c1-10-3-5-11(6-4-10)25(21,22)18-9-17-8-7-16(2,24-17)12-13(17)15(20)23-14(12)19/h3-8,12-13,18H,9H2,1-2H3/t12-,13+,16-,17-/m0/s1. The zero-order valence-electron chi connectivity index (χ0n) is 13.7. The van der Waals surface area contributed by atoms with Crippen LogP contribution in [-0.2, 0) is 29.1 Å². The Bertz CT molecular complexity index is 906. The van der Waals surface area contributed by atoms with Gasteiger partial charge in [0.15, 0.2) is 0 Å². The number of benzene rings is 1. The summed E-state index contributed by atoms with van der Waals surface area (Å²) in [5.41, 5.74) is -1.22. The molecular formula is C17H17NO6S. The minimum Gasteiger partial charge on any atom is -0.393 e. The van der Waals surface area contributed by atoms with Crippen LogP contribution in [0.15, 0.2) is 41.3 Å². The van der Waals surface area contributed by atoms with Gasteiger partial charge in [-0.2, -0.15) is 0 Å². The first kappa shape index (κ1) is 16.4. The van der Waals surface area contributed by atoms with Gasteiger partial charge in [0.25, 0.3) is 0 Å². The lowest BCUT2D eigenvalue weighted by Crippen LogP contribution is -2.47. The van der Waals surface area contributed by atoms with Gasteiger partial charge < -0.3 is 9.47 Å². The zero-order chi connectivity index (χ0) is 18.0. The molecule has 4 rings (SSSR count). The Labute approximate surface area is 145 Å². The molecule has 3 aliphatic rings. The first-order chi connectivity index (χ1) is 11.7. The van der Waals surface area contributed by atoms with Crippen molar-refractivity contribution in [3.05, 3.63) is 42.0 Å². The summed E-state index contributed by atoms with van der Waals surface area (Å²) in [7, 11) is -3.77. The molecule has 2 saturated heterocycles. The first-order valence-corrected chi connectivity index (χ1v) is 9.38. The summed E-state index contributed by atoms with van der Waals surface area (Å²) in [6, 6.07) is 6.42. The van der Waals surface area contributed by atoms with Crippen LogP contribution in [0.3, 0.4) is 0 Å². The van der Waals surface area contributed by atoms with E-state index in [0.717, 1.165) is 5.56 Å². The molecule has 0 aromatic heterocycles. The fourth-order valence-corrected chi connectivity index (χ4v) is 4.95. The quantitative estimate of drug-likeness (QED) is 0.480. The third-order valence-corrected chi connectivity index (χ3v) is 6.58. The number of cyclic esters (lactones) is 2. The van der Waals surface area contributed by atoms with Crippen molar-refractivity contribution in [1.82, 2.24) is 4.72 Å². The van der Waals surface area contributed by atoms with E-state index in [0.29, 0.717) is 0 Å². The predicted octanol–water partition coefficient (Wildman–Crippen LogP) is 0.687. The van der Waals surface area contributed by atoms with Gasteiger partial charge in [-0.05, 0) is 26.0 Å².